The molecule has 3 aromatic rings. The number of benzene rings is 2. The van der Waals surface area contributed by atoms with Gasteiger partial charge in [0, 0.05) is 67.5 Å². The number of aliphatic imine (C=N–C) groups is 1. The van der Waals surface area contributed by atoms with Gasteiger partial charge in [0.2, 0.25) is 11.8 Å². The molecule has 0 saturated carbocycles. The third-order valence-electron chi connectivity index (χ3n) is 9.18. The van der Waals surface area contributed by atoms with Crippen molar-refractivity contribution >= 4 is 46.6 Å². The van der Waals surface area contributed by atoms with Gasteiger partial charge in [-0.05, 0) is 61.7 Å². The molecule has 0 spiro atoms. The van der Waals surface area contributed by atoms with Gasteiger partial charge in [-0.25, -0.2) is 9.98 Å². The van der Waals surface area contributed by atoms with E-state index in [2.05, 4.69) is 15.3 Å². The number of nitrogens with two attached hydrogens (primary N) is 1. The van der Waals surface area contributed by atoms with Crippen molar-refractivity contribution in [1.29, 1.82) is 16.1 Å². The van der Waals surface area contributed by atoms with Crippen molar-refractivity contribution in [1.82, 2.24) is 20.1 Å². The van der Waals surface area contributed by atoms with Crippen molar-refractivity contribution in [2.75, 3.05) is 56.9 Å². The van der Waals surface area contributed by atoms with Gasteiger partial charge in [-0.3, -0.25) is 25.3 Å². The number of amides is 2. The van der Waals surface area contributed by atoms with Gasteiger partial charge in [0.1, 0.15) is 6.07 Å². The van der Waals surface area contributed by atoms with Gasteiger partial charge in [-0.1, -0.05) is 30.3 Å². The van der Waals surface area contributed by atoms with Gasteiger partial charge in [0.15, 0.2) is 11.5 Å². The first-order valence-corrected chi connectivity index (χ1v) is 16.7. The Hall–Kier alpha value is -5.88. The number of nitrogens with zero attached hydrogens (tertiary/aromatic N) is 6. The molecule has 0 unspecified atom stereocenters. The number of rotatable bonds is 10. The summed E-state index contributed by atoms with van der Waals surface area (Å²) < 4.78 is 40.7. The first-order chi connectivity index (χ1) is 24.8. The normalized spacial score (nSPS) is 16.3. The Balaban J connectivity index is 1.20. The van der Waals surface area contributed by atoms with Crippen LogP contribution in [0.2, 0.25) is 0 Å². The highest BCUT2D eigenvalue weighted by Gasteiger charge is 2.36. The van der Waals surface area contributed by atoms with Crippen molar-refractivity contribution in [2.45, 2.75) is 25.9 Å². The van der Waals surface area contributed by atoms with E-state index >= 15 is 0 Å². The van der Waals surface area contributed by atoms with E-state index in [1.54, 1.807) is 29.8 Å². The summed E-state index contributed by atoms with van der Waals surface area (Å²) in [5.74, 6) is -0.409. The molecule has 1 aromatic heterocycles. The minimum Gasteiger partial charge on any atom is -0.398 e. The van der Waals surface area contributed by atoms with Crippen LogP contribution in [0.15, 0.2) is 65.8 Å². The third-order valence-corrected chi connectivity index (χ3v) is 9.18. The number of halogens is 3. The minimum atomic E-state index is -4.84. The number of hydrogen-bond acceptors (Lipinski definition) is 8. The monoisotopic (exact) mass is 712 g/mol. The number of carbonyl (C=O) groups is 2. The maximum Gasteiger partial charge on any atom is 0.419 e. The molecule has 1 atom stereocenters. The molecule has 2 amide bonds. The highest BCUT2D eigenvalue weighted by Crippen LogP contribution is 2.33. The Bertz CT molecular complexity index is 1970. The van der Waals surface area contributed by atoms with E-state index in [-0.39, 0.29) is 52.6 Å². The zero-order valence-electron chi connectivity index (χ0n) is 28.8. The van der Waals surface area contributed by atoms with Crippen LogP contribution in [0, 0.1) is 28.1 Å². The molecule has 0 bridgehead atoms. The van der Waals surface area contributed by atoms with Crippen molar-refractivity contribution < 1.29 is 22.8 Å². The number of nitriles is 1. The van der Waals surface area contributed by atoms with Gasteiger partial charge in [0.25, 0.3) is 0 Å². The van der Waals surface area contributed by atoms with Gasteiger partial charge in [-0.15, -0.1) is 0 Å². The molecular weight excluding hydrogens is 673 g/mol. The first-order valence-electron chi connectivity index (χ1n) is 16.7. The van der Waals surface area contributed by atoms with Crippen molar-refractivity contribution in [3.63, 3.8) is 0 Å². The topological polar surface area (TPSA) is 179 Å². The number of aromatic nitrogens is 1. The summed E-state index contributed by atoms with van der Waals surface area (Å²) in [6, 6.07) is 14.4. The van der Waals surface area contributed by atoms with Crippen LogP contribution in [0.5, 0.6) is 0 Å². The van der Waals surface area contributed by atoms with Gasteiger partial charge >= 0.3 is 6.18 Å². The van der Waals surface area contributed by atoms with Crippen LogP contribution in [0.1, 0.15) is 53.3 Å². The van der Waals surface area contributed by atoms with E-state index < -0.39 is 17.4 Å². The molecule has 2 aromatic carbocycles. The SMILES string of the molecule is CCN(C(=O)[C@@H]1CCN(CC(=O)N2CC=C(c3ccc(C(=N)/N=C\NC)cc3)CC2)C1)c1ccc(N)c(C(=N)c2cnc(C#N)c(C(F)(F)F)c2)c1. The summed E-state index contributed by atoms with van der Waals surface area (Å²) in [7, 11) is 1.72. The van der Waals surface area contributed by atoms with Crippen LogP contribution in [-0.2, 0) is 15.8 Å². The fourth-order valence-electron chi connectivity index (χ4n) is 6.35. The molecule has 3 heterocycles. The van der Waals surface area contributed by atoms with Crippen LogP contribution >= 0.6 is 0 Å². The minimum absolute atomic E-state index is 0.0189. The number of nitrogen functional groups attached to an aromatic ring is 1. The van der Waals surface area contributed by atoms with Crippen LogP contribution in [0.25, 0.3) is 5.57 Å². The number of alkyl halides is 3. The summed E-state index contributed by atoms with van der Waals surface area (Å²) in [6.45, 7) is 4.28. The maximum atomic E-state index is 13.8. The predicted octanol–water partition coefficient (Wildman–Crippen LogP) is 4.53. The lowest BCUT2D eigenvalue weighted by Gasteiger charge is -2.29. The molecule has 5 N–H and O–H groups in total. The zero-order valence-corrected chi connectivity index (χ0v) is 28.8. The summed E-state index contributed by atoms with van der Waals surface area (Å²) in [6.07, 6.45) is 0.930. The standard InChI is InChI=1S/C37H39F3N10O2/c1-3-50(28-8-9-31(42)29(17-28)34(43)27-16-30(37(38,39)40)32(18-41)46-19-27)36(52)26-10-13-48(20-26)21-33(51)49-14-11-24(12-15-49)23-4-6-25(7-5-23)35(44)47-22-45-2/h4-9,11,16-17,19,22,26,43H,3,10,12-15,20-21,42H2,1-2H3,(H2,44,45,47)/t26-/m1/s1. The van der Waals surface area contributed by atoms with Crippen LogP contribution in [0.3, 0.4) is 0 Å². The molecule has 270 valence electrons. The van der Waals surface area contributed by atoms with Crippen molar-refractivity contribution in [2.24, 2.45) is 10.9 Å². The molecule has 1 fully saturated rings. The Labute approximate surface area is 299 Å². The summed E-state index contributed by atoms with van der Waals surface area (Å²) in [5.41, 5.74) is 7.14. The Morgan fingerprint density at radius 3 is 2.54 bits per heavy atom. The lowest BCUT2D eigenvalue weighted by Crippen LogP contribution is -2.42. The van der Waals surface area contributed by atoms with Crippen molar-refractivity contribution in [3.05, 3.63) is 94.3 Å². The number of anilines is 2. The second-order valence-corrected chi connectivity index (χ2v) is 12.5. The van der Waals surface area contributed by atoms with Crippen LogP contribution in [-0.4, -0.2) is 90.8 Å². The van der Waals surface area contributed by atoms with Gasteiger partial charge in [0.05, 0.1) is 30.1 Å². The van der Waals surface area contributed by atoms with E-state index in [1.165, 1.54) is 24.5 Å². The molecular formula is C37H39F3N10O2. The fourth-order valence-corrected chi connectivity index (χ4v) is 6.35. The molecule has 15 heteroatoms. The largest absolute Gasteiger partial charge is 0.419 e. The average Bonchev–Trinajstić information content (AvgIpc) is 3.62. The molecule has 1 saturated heterocycles. The summed E-state index contributed by atoms with van der Waals surface area (Å²) >= 11 is 0. The molecule has 2 aliphatic heterocycles. The second kappa shape index (κ2) is 16.0. The number of likely N-dealkylation sites (tertiary alicyclic amines) is 1. The van der Waals surface area contributed by atoms with Crippen LogP contribution < -0.4 is 16.0 Å². The van der Waals surface area contributed by atoms with Gasteiger partial charge in [-0.2, -0.15) is 18.4 Å². The van der Waals surface area contributed by atoms with Crippen LogP contribution in [0.4, 0.5) is 24.5 Å². The zero-order chi connectivity index (χ0) is 37.6. The smallest absolute Gasteiger partial charge is 0.398 e. The quantitative estimate of drug-likeness (QED) is 0.135. The predicted molar refractivity (Wildman–Crippen MR) is 193 cm³/mol. The molecule has 0 radical (unpaired) electrons. The lowest BCUT2D eigenvalue weighted by molar-refractivity contribution is -0.138. The summed E-state index contributed by atoms with van der Waals surface area (Å²) in [4.78, 5) is 40.0. The molecule has 0 aliphatic carbocycles. The molecule has 12 nitrogen and oxygen atoms in total. The van der Waals surface area contributed by atoms with Crippen molar-refractivity contribution in [3.8, 4) is 6.07 Å². The average molecular weight is 713 g/mol. The van der Waals surface area contributed by atoms with Gasteiger partial charge < -0.3 is 20.9 Å². The summed E-state index contributed by atoms with van der Waals surface area (Å²) in [5, 5.41) is 28.5. The Morgan fingerprint density at radius 2 is 1.90 bits per heavy atom. The van der Waals surface area contributed by atoms with E-state index in [9.17, 15) is 22.8 Å². The second-order valence-electron chi connectivity index (χ2n) is 12.5. The fraction of sp³-hybridized carbons (Fsp3) is 0.324. The third kappa shape index (κ3) is 8.35. The number of nitrogens with one attached hydrogen (secondary N) is 3. The molecule has 52 heavy (non-hydrogen) atoms. The molecule has 2 aliphatic rings. The highest BCUT2D eigenvalue weighted by atomic mass is 19.4. The first kappa shape index (κ1) is 37.4. The number of pyridine rings is 1. The Kier molecular flexibility index (Phi) is 11.5. The lowest BCUT2D eigenvalue weighted by atomic mass is 9.98. The maximum absolute atomic E-state index is 13.8. The number of amidine groups is 1. The van der Waals surface area contributed by atoms with E-state index in [0.29, 0.717) is 62.9 Å². The number of carbonyl (C=O) groups excluding carboxylic acids is 2. The van der Waals surface area contributed by atoms with E-state index in [1.807, 2.05) is 35.2 Å². The number of hydrogen-bond donors (Lipinski definition) is 4. The van der Waals surface area contributed by atoms with E-state index in [0.717, 1.165) is 17.3 Å². The van der Waals surface area contributed by atoms with E-state index in [4.69, 9.17) is 21.8 Å². The highest BCUT2D eigenvalue weighted by molar-refractivity contribution is 6.14. The molecule has 5 rings (SSSR count). The Morgan fingerprint density at radius 1 is 1.15 bits per heavy atom.